The Morgan fingerprint density at radius 2 is 1.56 bits per heavy atom. The Labute approximate surface area is 428 Å². The summed E-state index contributed by atoms with van der Waals surface area (Å²) in [5.41, 5.74) is 0.439. The average Bonchev–Trinajstić information content (AvgIpc) is 3.37. The number of nitrogens with zero attached hydrogens (tertiary/aromatic N) is 1. The lowest BCUT2D eigenvalue weighted by atomic mass is 9.78. The highest BCUT2D eigenvalue weighted by molar-refractivity contribution is 6.39. The fourth-order valence-electron chi connectivity index (χ4n) is 10.7. The molecule has 0 aromatic rings. The molecule has 0 aromatic carbocycles. The normalized spacial score (nSPS) is 36.7. The van der Waals surface area contributed by atoms with Gasteiger partial charge in [0.2, 0.25) is 5.79 Å². The summed E-state index contributed by atoms with van der Waals surface area (Å²) in [4.78, 5) is 72.5. The maximum absolute atomic E-state index is 14.5. The van der Waals surface area contributed by atoms with Crippen molar-refractivity contribution in [1.82, 2.24) is 4.90 Å². The van der Waals surface area contributed by atoms with E-state index in [-0.39, 0.29) is 80.7 Å². The lowest BCUT2D eigenvalue weighted by Gasteiger charge is -2.42. The van der Waals surface area contributed by atoms with Crippen molar-refractivity contribution in [3.8, 4) is 0 Å². The summed E-state index contributed by atoms with van der Waals surface area (Å²) >= 11 is 0. The molecular formula is C56H89NO15. The average molecular weight is 1020 g/mol. The van der Waals surface area contributed by atoms with Crippen LogP contribution in [-0.4, -0.2) is 157 Å². The van der Waals surface area contributed by atoms with Gasteiger partial charge in [0.15, 0.2) is 5.78 Å². The van der Waals surface area contributed by atoms with Crippen molar-refractivity contribution < 1.29 is 72.8 Å². The second kappa shape index (κ2) is 28.4. The molecule has 1 aliphatic carbocycles. The molecule has 16 nitrogen and oxygen atoms in total. The Morgan fingerprint density at radius 1 is 0.847 bits per heavy atom. The highest BCUT2D eigenvalue weighted by Gasteiger charge is 2.53. The van der Waals surface area contributed by atoms with Gasteiger partial charge < -0.3 is 53.7 Å². The van der Waals surface area contributed by atoms with Crippen LogP contribution in [0.15, 0.2) is 47.6 Å². The van der Waals surface area contributed by atoms with E-state index in [9.17, 15) is 44.4 Å². The Bertz CT molecular complexity index is 1930. The summed E-state index contributed by atoms with van der Waals surface area (Å²) < 4.78 is 36.0. The number of rotatable bonds is 11. The van der Waals surface area contributed by atoms with Crippen molar-refractivity contribution in [3.63, 3.8) is 0 Å². The van der Waals surface area contributed by atoms with Crippen molar-refractivity contribution in [2.75, 3.05) is 47.7 Å². The first-order valence-electron chi connectivity index (χ1n) is 26.4. The maximum Gasteiger partial charge on any atom is 0.329 e. The van der Waals surface area contributed by atoms with Gasteiger partial charge >= 0.3 is 5.97 Å². The van der Waals surface area contributed by atoms with E-state index in [4.69, 9.17) is 28.4 Å². The molecule has 3 heterocycles. The zero-order valence-electron chi connectivity index (χ0n) is 45.1. The molecule has 2 bridgehead atoms. The molecule has 4 N–H and O–H groups in total. The highest BCUT2D eigenvalue weighted by atomic mass is 16.6. The van der Waals surface area contributed by atoms with Crippen molar-refractivity contribution >= 4 is 29.2 Å². The first kappa shape index (κ1) is 61.1. The van der Waals surface area contributed by atoms with Crippen LogP contribution in [0.2, 0.25) is 0 Å². The van der Waals surface area contributed by atoms with Crippen LogP contribution in [0.4, 0.5) is 0 Å². The predicted molar refractivity (Wildman–Crippen MR) is 271 cm³/mol. The smallest absolute Gasteiger partial charge is 0.329 e. The van der Waals surface area contributed by atoms with Gasteiger partial charge in [-0.2, -0.15) is 0 Å². The van der Waals surface area contributed by atoms with Gasteiger partial charge in [-0.25, -0.2) is 4.79 Å². The molecular weight excluding hydrogens is 927 g/mol. The fourth-order valence-corrected chi connectivity index (χ4v) is 10.7. The molecule has 72 heavy (non-hydrogen) atoms. The number of carbonyl (C=O) groups is 5. The number of Topliss-reactive ketones (excluding diaryl/α,β-unsaturated/α-hetero) is 3. The number of hydrogen-bond acceptors (Lipinski definition) is 15. The van der Waals surface area contributed by atoms with Crippen LogP contribution >= 0.6 is 0 Å². The lowest BCUT2D eigenvalue weighted by molar-refractivity contribution is -0.265. The predicted octanol–water partition coefficient (Wildman–Crippen LogP) is 6.20. The van der Waals surface area contributed by atoms with Gasteiger partial charge in [0.05, 0.1) is 44.2 Å². The topological polar surface area (TPSA) is 225 Å². The fraction of sp³-hybridized carbons (Fsp3) is 0.768. The van der Waals surface area contributed by atoms with Gasteiger partial charge in [-0.05, 0) is 107 Å². The van der Waals surface area contributed by atoms with E-state index in [0.29, 0.717) is 63.4 Å². The summed E-state index contributed by atoms with van der Waals surface area (Å²) in [5, 5.41) is 43.2. The number of hydrogen-bond donors (Lipinski definition) is 4. The number of aliphatic hydroxyl groups is 4. The molecule has 2 saturated heterocycles. The molecule has 3 aliphatic heterocycles. The lowest BCUT2D eigenvalue weighted by Crippen LogP contribution is -2.61. The Kier molecular flexibility index (Phi) is 24.1. The second-order valence-electron chi connectivity index (χ2n) is 22.0. The third kappa shape index (κ3) is 16.3. The number of allylic oxidation sites excluding steroid dienone is 6. The van der Waals surface area contributed by atoms with Crippen LogP contribution in [0.5, 0.6) is 0 Å². The summed E-state index contributed by atoms with van der Waals surface area (Å²) in [5.74, 6) is -8.19. The van der Waals surface area contributed by atoms with Gasteiger partial charge in [0, 0.05) is 63.9 Å². The van der Waals surface area contributed by atoms with Crippen LogP contribution in [0.3, 0.4) is 0 Å². The monoisotopic (exact) mass is 1020 g/mol. The summed E-state index contributed by atoms with van der Waals surface area (Å²) in [6, 6.07) is -1.17. The van der Waals surface area contributed by atoms with E-state index < -0.39 is 83.2 Å². The van der Waals surface area contributed by atoms with Crippen molar-refractivity contribution in [2.45, 2.75) is 187 Å². The first-order valence-corrected chi connectivity index (χ1v) is 26.4. The molecule has 3 fully saturated rings. The molecule has 0 unspecified atom stereocenters. The minimum absolute atomic E-state index is 0.00630. The molecule has 0 aromatic heterocycles. The number of piperidine rings is 1. The first-order chi connectivity index (χ1) is 34.1. The number of ether oxygens (including phenoxy) is 6. The van der Waals surface area contributed by atoms with Crippen molar-refractivity contribution in [1.29, 1.82) is 0 Å². The zero-order chi connectivity index (χ0) is 53.5. The number of carbonyl (C=O) groups excluding carboxylic acids is 5. The van der Waals surface area contributed by atoms with Crippen LogP contribution in [-0.2, 0) is 52.4 Å². The minimum atomic E-state index is -2.45. The van der Waals surface area contributed by atoms with Gasteiger partial charge in [-0.3, -0.25) is 19.2 Å². The van der Waals surface area contributed by atoms with Crippen LogP contribution in [0.1, 0.15) is 132 Å². The third-order valence-electron chi connectivity index (χ3n) is 15.9. The maximum atomic E-state index is 14.5. The molecule has 408 valence electrons. The van der Waals surface area contributed by atoms with Crippen LogP contribution < -0.4 is 0 Å². The highest BCUT2D eigenvalue weighted by Crippen LogP contribution is 2.38. The minimum Gasteiger partial charge on any atom is -0.460 e. The van der Waals surface area contributed by atoms with E-state index in [0.717, 1.165) is 12.0 Å². The summed E-state index contributed by atoms with van der Waals surface area (Å²) in [7, 11) is 4.56. The molecule has 1 amide bonds. The molecule has 4 aliphatic rings. The Hall–Kier alpha value is -3.45. The third-order valence-corrected chi connectivity index (χ3v) is 15.9. The Morgan fingerprint density at radius 3 is 2.21 bits per heavy atom. The number of aliphatic hydroxyl groups excluding tert-OH is 3. The van der Waals surface area contributed by atoms with E-state index in [2.05, 4.69) is 0 Å². The number of fused-ring (bicyclic) bond motifs is 3. The SMILES string of the molecule is CO[C@H]1C[C@@H]2CC[C@@H](C)[C@@](O)(O2)C(=O)C(=O)N2CCCC[C@H]2C(=O)O[C@H]([C@H](C)C[C@@H]2CC[C@H](OCC(C)(CO)CO)[C@H](OC)C2)CC(=O)[C@H](C)/C=C(\C)[C@@H](O)[C@@H](OC)C(=O)[C@H](C)C[C@H](C)/C=C/C=CC=C1C. The second-order valence-corrected chi connectivity index (χ2v) is 22.0. The molecule has 4 rings (SSSR count). The Balaban J connectivity index is 1.69. The summed E-state index contributed by atoms with van der Waals surface area (Å²) in [6.07, 6.45) is 11.4. The van der Waals surface area contributed by atoms with E-state index in [1.165, 1.54) is 12.0 Å². The number of esters is 1. The van der Waals surface area contributed by atoms with Gasteiger partial charge in [0.25, 0.3) is 11.7 Å². The number of methoxy groups -OCH3 is 3. The van der Waals surface area contributed by atoms with Crippen LogP contribution in [0.25, 0.3) is 0 Å². The molecule has 0 spiro atoms. The molecule has 0 radical (unpaired) electrons. The van der Waals surface area contributed by atoms with Crippen LogP contribution in [0, 0.1) is 40.9 Å². The van der Waals surface area contributed by atoms with Gasteiger partial charge in [-0.15, -0.1) is 0 Å². The van der Waals surface area contributed by atoms with E-state index in [1.54, 1.807) is 48.0 Å². The molecule has 1 saturated carbocycles. The molecule has 16 heteroatoms. The number of cyclic esters (lactones) is 1. The van der Waals surface area contributed by atoms with Crippen molar-refractivity contribution in [2.24, 2.45) is 40.9 Å². The van der Waals surface area contributed by atoms with Gasteiger partial charge in [-0.1, -0.05) is 78.0 Å². The standard InChI is InChI=1S/C56H89NO15/c1-34-17-13-12-14-18-35(2)46(67-9)29-42-22-20-40(7)56(66,72-42)52(63)53(64)57-24-16-15-19-43(57)54(65)71-47(30-44(60)36(3)26-39(6)50(62)51(69-11)49(61)38(5)25-34)37(4)27-41-21-23-45(48(28-41)68-10)70-33-55(8,31-58)32-59/h12-14,17-18,26,34,36-38,40-43,45-48,50-51,58-59,62,66H,15-16,19-25,27-33H2,1-11H3/b14-12?,17-13+,35-18?,39-26+/t34-,36-,37-,38-,40-,41+,42+,43+,45+,46+,47+,48-,50-,51+,56-/m1/s1. The number of ketones is 3. The van der Waals surface area contributed by atoms with E-state index in [1.807, 2.05) is 58.1 Å². The largest absolute Gasteiger partial charge is 0.460 e. The zero-order valence-corrected chi connectivity index (χ0v) is 45.1. The molecule has 15 atom stereocenters. The van der Waals surface area contributed by atoms with E-state index >= 15 is 0 Å². The summed E-state index contributed by atoms with van der Waals surface area (Å²) in [6.45, 7) is 14.1. The van der Waals surface area contributed by atoms with Gasteiger partial charge in [0.1, 0.15) is 30.1 Å². The number of amides is 1. The van der Waals surface area contributed by atoms with Crippen molar-refractivity contribution in [3.05, 3.63) is 47.6 Å². The quantitative estimate of drug-likeness (QED) is 0.103.